The van der Waals surface area contributed by atoms with Crippen LogP contribution in [-0.4, -0.2) is 23.3 Å². The number of carbonyl (C=O) groups excluding carboxylic acids is 1. The van der Waals surface area contributed by atoms with Crippen LogP contribution in [-0.2, 0) is 13.0 Å². The van der Waals surface area contributed by atoms with Crippen molar-refractivity contribution in [1.82, 2.24) is 9.97 Å². The summed E-state index contributed by atoms with van der Waals surface area (Å²) in [5, 5.41) is 2.91. The van der Waals surface area contributed by atoms with Gasteiger partial charge >= 0.3 is 0 Å². The summed E-state index contributed by atoms with van der Waals surface area (Å²) in [6.45, 7) is 2.81. The van der Waals surface area contributed by atoms with Gasteiger partial charge in [0.15, 0.2) is 11.4 Å². The molecule has 2 heterocycles. The van der Waals surface area contributed by atoms with Gasteiger partial charge in [0, 0.05) is 12.4 Å². The van der Waals surface area contributed by atoms with E-state index in [-0.39, 0.29) is 0 Å². The molecule has 2 aromatic heterocycles. The number of aromatic nitrogens is 2. The first kappa shape index (κ1) is 13.2. The van der Waals surface area contributed by atoms with Gasteiger partial charge < -0.3 is 4.90 Å². The first-order valence-electron chi connectivity index (χ1n) is 5.77. The summed E-state index contributed by atoms with van der Waals surface area (Å²) < 4.78 is 0. The van der Waals surface area contributed by atoms with Crippen LogP contribution in [0.3, 0.4) is 0 Å². The number of carbonyl (C=O) groups is 1. The van der Waals surface area contributed by atoms with Gasteiger partial charge in [-0.3, -0.25) is 4.79 Å². The van der Waals surface area contributed by atoms with Gasteiger partial charge in [0.25, 0.3) is 0 Å². The molecule has 0 fully saturated rings. The summed E-state index contributed by atoms with van der Waals surface area (Å²) in [5.41, 5.74) is 3.77. The van der Waals surface area contributed by atoms with Gasteiger partial charge in [-0.1, -0.05) is 24.7 Å². The fourth-order valence-electron chi connectivity index (χ4n) is 1.65. The minimum atomic E-state index is 0.723. The van der Waals surface area contributed by atoms with Crippen LogP contribution in [0.25, 0.3) is 0 Å². The molecule has 0 amide bonds. The van der Waals surface area contributed by atoms with Crippen LogP contribution in [0.2, 0.25) is 0 Å². The Morgan fingerprint density at radius 1 is 1.50 bits per heavy atom. The number of aldehydes is 1. The van der Waals surface area contributed by atoms with Crippen LogP contribution in [0.5, 0.6) is 0 Å². The molecule has 0 aromatic carbocycles. The van der Waals surface area contributed by atoms with Gasteiger partial charge in [0.1, 0.15) is 0 Å². The zero-order valence-corrected chi connectivity index (χ0v) is 12.1. The normalized spacial score (nSPS) is 10.6. The van der Waals surface area contributed by atoms with Crippen LogP contribution < -0.4 is 4.90 Å². The Kier molecular flexibility index (Phi) is 4.43. The molecule has 0 bridgehead atoms. The quantitative estimate of drug-likeness (QED) is 0.764. The molecule has 0 aliphatic heterocycles. The highest BCUT2D eigenvalue weighted by molar-refractivity contribution is 7.17. The second-order valence-electron chi connectivity index (χ2n) is 4.01. The van der Waals surface area contributed by atoms with Crippen molar-refractivity contribution in [3.05, 3.63) is 27.2 Å². The summed E-state index contributed by atoms with van der Waals surface area (Å²) >= 11 is 3.04. The molecule has 96 valence electrons. The lowest BCUT2D eigenvalue weighted by Gasteiger charge is -2.13. The molecule has 6 heteroatoms. The second-order valence-corrected chi connectivity index (χ2v) is 5.74. The highest BCUT2D eigenvalue weighted by Crippen LogP contribution is 2.26. The molecule has 0 spiro atoms. The van der Waals surface area contributed by atoms with Crippen molar-refractivity contribution >= 4 is 34.1 Å². The van der Waals surface area contributed by atoms with Gasteiger partial charge in [0.05, 0.1) is 28.3 Å². The Labute approximate surface area is 114 Å². The first-order valence-corrected chi connectivity index (χ1v) is 7.53. The number of thiazole rings is 2. The number of anilines is 1. The zero-order chi connectivity index (χ0) is 13.0. The second kappa shape index (κ2) is 6.06. The molecule has 2 aromatic rings. The van der Waals surface area contributed by atoms with Crippen molar-refractivity contribution in [2.75, 3.05) is 11.9 Å². The summed E-state index contributed by atoms with van der Waals surface area (Å²) in [6.07, 6.45) is 2.76. The van der Waals surface area contributed by atoms with Crippen molar-refractivity contribution in [2.24, 2.45) is 0 Å². The van der Waals surface area contributed by atoms with Crippen LogP contribution in [0.1, 0.15) is 34.4 Å². The summed E-state index contributed by atoms with van der Waals surface area (Å²) in [5.74, 6) is 0. The highest BCUT2D eigenvalue weighted by atomic mass is 32.1. The SMILES string of the molecule is CCCc1nc(N(C)Cc2cscn2)sc1C=O. The minimum absolute atomic E-state index is 0.723. The first-order chi connectivity index (χ1) is 8.74. The van der Waals surface area contributed by atoms with Gasteiger partial charge in [-0.15, -0.1) is 11.3 Å². The molecule has 0 N–H and O–H groups in total. The van der Waals surface area contributed by atoms with E-state index in [2.05, 4.69) is 16.9 Å². The minimum Gasteiger partial charge on any atom is -0.345 e. The van der Waals surface area contributed by atoms with E-state index in [0.29, 0.717) is 0 Å². The van der Waals surface area contributed by atoms with E-state index in [0.717, 1.165) is 47.1 Å². The summed E-state index contributed by atoms with van der Waals surface area (Å²) in [6, 6.07) is 0. The molecule has 0 atom stereocenters. The van der Waals surface area contributed by atoms with E-state index >= 15 is 0 Å². The third kappa shape index (κ3) is 2.94. The Morgan fingerprint density at radius 3 is 2.94 bits per heavy atom. The molecular weight excluding hydrogens is 266 g/mol. The molecule has 0 saturated heterocycles. The largest absolute Gasteiger partial charge is 0.345 e. The van der Waals surface area contributed by atoms with Crippen molar-refractivity contribution in [2.45, 2.75) is 26.3 Å². The van der Waals surface area contributed by atoms with Crippen LogP contribution in [0.15, 0.2) is 10.9 Å². The van der Waals surface area contributed by atoms with Gasteiger partial charge in [-0.2, -0.15) is 0 Å². The number of hydrogen-bond donors (Lipinski definition) is 0. The third-order valence-corrected chi connectivity index (χ3v) is 4.29. The van der Waals surface area contributed by atoms with Crippen LogP contribution >= 0.6 is 22.7 Å². The Bertz CT molecular complexity index is 507. The van der Waals surface area contributed by atoms with Crippen LogP contribution in [0.4, 0.5) is 5.13 Å². The molecule has 0 unspecified atom stereocenters. The van der Waals surface area contributed by atoms with Crippen LogP contribution in [0, 0.1) is 0 Å². The van der Waals surface area contributed by atoms with E-state index in [1.807, 2.05) is 22.8 Å². The fraction of sp³-hybridized carbons (Fsp3) is 0.417. The molecule has 0 aliphatic rings. The molecule has 0 saturated carbocycles. The topological polar surface area (TPSA) is 46.1 Å². The van der Waals surface area contributed by atoms with Gasteiger partial charge in [-0.05, 0) is 6.42 Å². The zero-order valence-electron chi connectivity index (χ0n) is 10.4. The Morgan fingerprint density at radius 2 is 2.33 bits per heavy atom. The van der Waals surface area contributed by atoms with E-state index in [1.54, 1.807) is 11.3 Å². The molecule has 0 radical (unpaired) electrons. The predicted molar refractivity (Wildman–Crippen MR) is 75.7 cm³/mol. The Balaban J connectivity index is 2.14. The number of hydrogen-bond acceptors (Lipinski definition) is 6. The smallest absolute Gasteiger partial charge is 0.186 e. The maximum absolute atomic E-state index is 11.0. The van der Waals surface area contributed by atoms with Crippen molar-refractivity contribution in [1.29, 1.82) is 0 Å². The summed E-state index contributed by atoms with van der Waals surface area (Å²) in [7, 11) is 1.97. The highest BCUT2D eigenvalue weighted by Gasteiger charge is 2.13. The number of nitrogens with zero attached hydrogens (tertiary/aromatic N) is 3. The van der Waals surface area contributed by atoms with Gasteiger partial charge in [-0.25, -0.2) is 9.97 Å². The predicted octanol–water partition coefficient (Wildman–Crippen LogP) is 3.00. The van der Waals surface area contributed by atoms with Crippen molar-refractivity contribution < 1.29 is 4.79 Å². The maximum atomic E-state index is 11.0. The maximum Gasteiger partial charge on any atom is 0.186 e. The molecular formula is C12H15N3OS2. The summed E-state index contributed by atoms with van der Waals surface area (Å²) in [4.78, 5) is 22.6. The average molecular weight is 281 g/mol. The van der Waals surface area contributed by atoms with E-state index in [1.165, 1.54) is 11.3 Å². The van der Waals surface area contributed by atoms with E-state index in [9.17, 15) is 4.79 Å². The monoisotopic (exact) mass is 281 g/mol. The molecule has 2 rings (SSSR count). The molecule has 0 aliphatic carbocycles. The molecule has 4 nitrogen and oxygen atoms in total. The lowest BCUT2D eigenvalue weighted by atomic mass is 10.2. The third-order valence-electron chi connectivity index (χ3n) is 2.52. The number of rotatable bonds is 6. The van der Waals surface area contributed by atoms with Gasteiger partial charge in [0.2, 0.25) is 0 Å². The fourth-order valence-corrected chi connectivity index (χ4v) is 3.08. The molecule has 18 heavy (non-hydrogen) atoms. The lowest BCUT2D eigenvalue weighted by Crippen LogP contribution is -2.16. The lowest BCUT2D eigenvalue weighted by molar-refractivity contribution is 0.112. The number of aryl methyl sites for hydroxylation is 1. The van der Waals surface area contributed by atoms with E-state index < -0.39 is 0 Å². The standard InChI is InChI=1S/C12H15N3OS2/c1-3-4-10-11(6-16)18-12(14-10)15(2)5-9-7-17-8-13-9/h6-8H,3-5H2,1-2H3. The van der Waals surface area contributed by atoms with E-state index in [4.69, 9.17) is 0 Å². The average Bonchev–Trinajstić information content (AvgIpc) is 2.98. The Hall–Kier alpha value is -1.27. The van der Waals surface area contributed by atoms with Crippen molar-refractivity contribution in [3.8, 4) is 0 Å². The van der Waals surface area contributed by atoms with Crippen molar-refractivity contribution in [3.63, 3.8) is 0 Å².